The van der Waals surface area contributed by atoms with Crippen molar-refractivity contribution in [1.82, 2.24) is 30.0 Å². The summed E-state index contributed by atoms with van der Waals surface area (Å²) in [5, 5.41) is 7.11. The van der Waals surface area contributed by atoms with Crippen LogP contribution >= 0.6 is 0 Å². The molecule has 0 bridgehead atoms. The lowest BCUT2D eigenvalue weighted by molar-refractivity contribution is 0.185. The first-order valence-electron chi connectivity index (χ1n) is 8.12. The standard InChI is InChI=1S/C16H23N7O/c1-21(2)15-6-5-13(8-18-15)9-19-16(24)23-7-3-4-14(23)10-22-12-17-11-20-22/h5-6,8,11-12,14H,3-4,7,9-10H2,1-2H3,(H,19,24). The molecule has 1 aliphatic heterocycles. The Hall–Kier alpha value is -2.64. The van der Waals surface area contributed by atoms with Crippen LogP contribution in [0, 0.1) is 0 Å². The topological polar surface area (TPSA) is 79.2 Å². The van der Waals surface area contributed by atoms with Gasteiger partial charge in [-0.2, -0.15) is 5.10 Å². The third kappa shape index (κ3) is 3.81. The van der Waals surface area contributed by atoms with E-state index in [1.807, 2.05) is 36.0 Å². The fourth-order valence-corrected chi connectivity index (χ4v) is 2.90. The molecule has 0 radical (unpaired) electrons. The van der Waals surface area contributed by atoms with Gasteiger partial charge in [-0.3, -0.25) is 4.68 Å². The number of nitrogens with one attached hydrogen (secondary N) is 1. The molecule has 2 aromatic rings. The molecule has 1 saturated heterocycles. The molecular weight excluding hydrogens is 306 g/mol. The van der Waals surface area contributed by atoms with Gasteiger partial charge in [-0.25, -0.2) is 14.8 Å². The van der Waals surface area contributed by atoms with E-state index >= 15 is 0 Å². The van der Waals surface area contributed by atoms with E-state index in [9.17, 15) is 4.79 Å². The van der Waals surface area contributed by atoms with Gasteiger partial charge in [0.05, 0.1) is 12.6 Å². The number of urea groups is 1. The number of aromatic nitrogens is 4. The van der Waals surface area contributed by atoms with E-state index in [-0.39, 0.29) is 12.1 Å². The third-order valence-corrected chi connectivity index (χ3v) is 4.21. The molecule has 1 unspecified atom stereocenters. The Morgan fingerprint density at radius 2 is 2.29 bits per heavy atom. The molecule has 8 heteroatoms. The normalized spacial score (nSPS) is 17.1. The summed E-state index contributed by atoms with van der Waals surface area (Å²) in [6.45, 7) is 1.95. The molecule has 1 aliphatic rings. The molecule has 1 atom stereocenters. The summed E-state index contributed by atoms with van der Waals surface area (Å²) < 4.78 is 1.78. The summed E-state index contributed by atoms with van der Waals surface area (Å²) in [5.41, 5.74) is 0.987. The van der Waals surface area contributed by atoms with Crippen molar-refractivity contribution in [2.24, 2.45) is 0 Å². The van der Waals surface area contributed by atoms with E-state index in [0.29, 0.717) is 13.1 Å². The van der Waals surface area contributed by atoms with Crippen LogP contribution in [0.4, 0.5) is 10.6 Å². The van der Waals surface area contributed by atoms with Crippen molar-refractivity contribution in [2.45, 2.75) is 32.0 Å². The van der Waals surface area contributed by atoms with Gasteiger partial charge in [0.2, 0.25) is 0 Å². The first-order valence-corrected chi connectivity index (χ1v) is 8.12. The maximum atomic E-state index is 12.5. The predicted molar refractivity (Wildman–Crippen MR) is 90.5 cm³/mol. The second-order valence-electron chi connectivity index (χ2n) is 6.18. The van der Waals surface area contributed by atoms with Gasteiger partial charge < -0.3 is 15.1 Å². The number of nitrogens with zero attached hydrogens (tertiary/aromatic N) is 6. The molecule has 3 rings (SSSR count). The smallest absolute Gasteiger partial charge is 0.317 e. The van der Waals surface area contributed by atoms with Gasteiger partial charge in [0.15, 0.2) is 0 Å². The van der Waals surface area contributed by atoms with Crippen LogP contribution in [0.2, 0.25) is 0 Å². The Bertz CT molecular complexity index is 654. The monoisotopic (exact) mass is 329 g/mol. The van der Waals surface area contributed by atoms with Crippen LogP contribution in [-0.4, -0.2) is 57.4 Å². The fraction of sp³-hybridized carbons (Fsp3) is 0.500. The van der Waals surface area contributed by atoms with Crippen LogP contribution in [0.1, 0.15) is 18.4 Å². The van der Waals surface area contributed by atoms with Gasteiger partial charge in [0.25, 0.3) is 0 Å². The zero-order valence-corrected chi connectivity index (χ0v) is 14.1. The van der Waals surface area contributed by atoms with E-state index in [2.05, 4.69) is 20.4 Å². The van der Waals surface area contributed by atoms with Crippen molar-refractivity contribution < 1.29 is 4.79 Å². The van der Waals surface area contributed by atoms with E-state index in [1.165, 1.54) is 6.33 Å². The summed E-state index contributed by atoms with van der Waals surface area (Å²) in [7, 11) is 3.90. The lowest BCUT2D eigenvalue weighted by Crippen LogP contribution is -2.44. The van der Waals surface area contributed by atoms with E-state index in [4.69, 9.17) is 0 Å². The zero-order chi connectivity index (χ0) is 16.9. The molecule has 8 nitrogen and oxygen atoms in total. The van der Waals surface area contributed by atoms with Crippen molar-refractivity contribution in [2.75, 3.05) is 25.5 Å². The number of anilines is 1. The van der Waals surface area contributed by atoms with Gasteiger partial charge in [0.1, 0.15) is 18.5 Å². The summed E-state index contributed by atoms with van der Waals surface area (Å²) in [5.74, 6) is 0.900. The number of likely N-dealkylation sites (tertiary alicyclic amines) is 1. The number of rotatable bonds is 5. The average Bonchev–Trinajstić information content (AvgIpc) is 3.25. The molecular formula is C16H23N7O. The minimum absolute atomic E-state index is 0.0331. The number of carbonyl (C=O) groups is 1. The van der Waals surface area contributed by atoms with Crippen LogP contribution in [0.5, 0.6) is 0 Å². The number of amides is 2. The van der Waals surface area contributed by atoms with Crippen molar-refractivity contribution in [3.63, 3.8) is 0 Å². The lowest BCUT2D eigenvalue weighted by Gasteiger charge is -2.24. The molecule has 128 valence electrons. The first kappa shape index (κ1) is 16.2. The minimum atomic E-state index is -0.0331. The zero-order valence-electron chi connectivity index (χ0n) is 14.1. The van der Waals surface area contributed by atoms with Crippen molar-refractivity contribution in [3.8, 4) is 0 Å². The second kappa shape index (κ2) is 7.29. The Morgan fingerprint density at radius 1 is 1.42 bits per heavy atom. The summed E-state index contributed by atoms with van der Waals surface area (Å²) in [6.07, 6.45) is 7.01. The number of hydrogen-bond donors (Lipinski definition) is 1. The molecule has 2 amide bonds. The maximum Gasteiger partial charge on any atom is 0.317 e. The average molecular weight is 329 g/mol. The molecule has 0 aromatic carbocycles. The highest BCUT2D eigenvalue weighted by Crippen LogP contribution is 2.18. The molecule has 1 fully saturated rings. The van der Waals surface area contributed by atoms with Crippen LogP contribution < -0.4 is 10.2 Å². The van der Waals surface area contributed by atoms with E-state index in [1.54, 1.807) is 17.2 Å². The van der Waals surface area contributed by atoms with Gasteiger partial charge in [0, 0.05) is 33.4 Å². The molecule has 0 saturated carbocycles. The predicted octanol–water partition coefficient (Wildman–Crippen LogP) is 1.11. The largest absolute Gasteiger partial charge is 0.363 e. The summed E-state index contributed by atoms with van der Waals surface area (Å²) in [4.78, 5) is 24.6. The first-order chi connectivity index (χ1) is 11.6. The number of carbonyl (C=O) groups excluding carboxylic acids is 1. The Labute approximate surface area is 141 Å². The van der Waals surface area contributed by atoms with E-state index < -0.39 is 0 Å². The fourth-order valence-electron chi connectivity index (χ4n) is 2.90. The van der Waals surface area contributed by atoms with Crippen LogP contribution in [0.3, 0.4) is 0 Å². The van der Waals surface area contributed by atoms with Crippen molar-refractivity contribution in [1.29, 1.82) is 0 Å². The van der Waals surface area contributed by atoms with Gasteiger partial charge in [-0.05, 0) is 24.5 Å². The SMILES string of the molecule is CN(C)c1ccc(CNC(=O)N2CCCC2Cn2cncn2)cn1. The Balaban J connectivity index is 1.54. The molecule has 24 heavy (non-hydrogen) atoms. The van der Waals surface area contributed by atoms with Gasteiger partial charge in [-0.15, -0.1) is 0 Å². The Kier molecular flexibility index (Phi) is 4.93. The van der Waals surface area contributed by atoms with Crippen LogP contribution in [0.15, 0.2) is 31.0 Å². The van der Waals surface area contributed by atoms with Crippen molar-refractivity contribution in [3.05, 3.63) is 36.5 Å². The quantitative estimate of drug-likeness (QED) is 0.889. The molecule has 0 spiro atoms. The number of hydrogen-bond acceptors (Lipinski definition) is 5. The molecule has 2 aromatic heterocycles. The lowest BCUT2D eigenvalue weighted by atomic mass is 10.2. The van der Waals surface area contributed by atoms with Crippen LogP contribution in [-0.2, 0) is 13.1 Å². The highest BCUT2D eigenvalue weighted by Gasteiger charge is 2.29. The molecule has 1 N–H and O–H groups in total. The Morgan fingerprint density at radius 3 is 2.96 bits per heavy atom. The van der Waals surface area contributed by atoms with Crippen LogP contribution in [0.25, 0.3) is 0 Å². The van der Waals surface area contributed by atoms with Crippen molar-refractivity contribution >= 4 is 11.8 Å². The minimum Gasteiger partial charge on any atom is -0.363 e. The number of pyridine rings is 1. The second-order valence-corrected chi connectivity index (χ2v) is 6.18. The molecule has 3 heterocycles. The maximum absolute atomic E-state index is 12.5. The van der Waals surface area contributed by atoms with Gasteiger partial charge in [-0.1, -0.05) is 6.07 Å². The van der Waals surface area contributed by atoms with Gasteiger partial charge >= 0.3 is 6.03 Å². The van der Waals surface area contributed by atoms with E-state index in [0.717, 1.165) is 30.8 Å². The highest BCUT2D eigenvalue weighted by atomic mass is 16.2. The third-order valence-electron chi connectivity index (χ3n) is 4.21. The highest BCUT2D eigenvalue weighted by molar-refractivity contribution is 5.74. The summed E-state index contributed by atoms with van der Waals surface area (Å²) in [6, 6.07) is 4.07. The molecule has 0 aliphatic carbocycles. The summed E-state index contributed by atoms with van der Waals surface area (Å²) >= 11 is 0.